The number of aromatic carboxylic acids is 1. The fourth-order valence-electron chi connectivity index (χ4n) is 1.63. The van der Waals surface area contributed by atoms with Crippen molar-refractivity contribution >= 4 is 11.6 Å². The predicted molar refractivity (Wildman–Crippen MR) is 63.4 cm³/mol. The van der Waals surface area contributed by atoms with Gasteiger partial charge in [-0.25, -0.2) is 14.3 Å². The van der Waals surface area contributed by atoms with E-state index in [2.05, 4.69) is 10.1 Å². The molecule has 5 nitrogen and oxygen atoms in total. The smallest absolute Gasteiger partial charge is 0.354 e. The lowest BCUT2D eigenvalue weighted by Gasteiger charge is -2.18. The minimum absolute atomic E-state index is 0.146. The third-order valence-electron chi connectivity index (χ3n) is 2.54. The quantitative estimate of drug-likeness (QED) is 0.818. The van der Waals surface area contributed by atoms with Crippen LogP contribution in [-0.2, 0) is 5.41 Å². The summed E-state index contributed by atoms with van der Waals surface area (Å²) in [6.07, 6.45) is 0. The van der Waals surface area contributed by atoms with Crippen LogP contribution in [0.2, 0.25) is 0 Å². The summed E-state index contributed by atoms with van der Waals surface area (Å²) < 4.78 is 1.37. The number of carboxylic acid groups (broad SMARTS) is 1. The fourth-order valence-corrected chi connectivity index (χ4v) is 1.63. The highest BCUT2D eigenvalue weighted by molar-refractivity contribution is 5.86. The Balaban J connectivity index is 2.80. The van der Waals surface area contributed by atoms with Crippen molar-refractivity contribution in [2.24, 2.45) is 0 Å². The number of carboxylic acids is 1. The molecule has 0 saturated carbocycles. The van der Waals surface area contributed by atoms with Crippen molar-refractivity contribution in [2.75, 3.05) is 0 Å². The Labute approximate surface area is 99.1 Å². The maximum atomic E-state index is 11.2. The maximum absolute atomic E-state index is 11.2. The van der Waals surface area contributed by atoms with Gasteiger partial charge in [-0.15, -0.1) is 0 Å². The molecule has 0 fully saturated rings. The van der Waals surface area contributed by atoms with Gasteiger partial charge in [-0.2, -0.15) is 5.10 Å². The Kier molecular flexibility index (Phi) is 2.41. The zero-order chi connectivity index (χ0) is 12.8. The molecule has 0 unspecified atom stereocenters. The number of aryl methyl sites for hydroxylation is 1. The SMILES string of the molecule is Cc1cc2nc(C(C)(C)C)cc(C(=O)O)n2n1. The molecule has 2 aromatic heterocycles. The van der Waals surface area contributed by atoms with E-state index >= 15 is 0 Å². The molecule has 0 spiro atoms. The second kappa shape index (κ2) is 3.55. The molecule has 0 atom stereocenters. The van der Waals surface area contributed by atoms with E-state index in [0.29, 0.717) is 5.65 Å². The second-order valence-corrected chi connectivity index (χ2v) is 5.14. The van der Waals surface area contributed by atoms with Crippen molar-refractivity contribution in [3.8, 4) is 0 Å². The molecule has 2 aromatic rings. The van der Waals surface area contributed by atoms with Gasteiger partial charge in [0.1, 0.15) is 0 Å². The molecule has 0 aliphatic heterocycles. The van der Waals surface area contributed by atoms with Gasteiger partial charge in [-0.3, -0.25) is 0 Å². The maximum Gasteiger partial charge on any atom is 0.354 e. The Morgan fingerprint density at radius 3 is 2.53 bits per heavy atom. The Morgan fingerprint density at radius 1 is 1.35 bits per heavy atom. The average molecular weight is 233 g/mol. The summed E-state index contributed by atoms with van der Waals surface area (Å²) in [5.74, 6) is -0.994. The summed E-state index contributed by atoms with van der Waals surface area (Å²) >= 11 is 0. The van der Waals surface area contributed by atoms with Crippen molar-refractivity contribution in [1.29, 1.82) is 0 Å². The molecule has 2 rings (SSSR count). The first-order chi connectivity index (χ1) is 7.79. The molecular weight excluding hydrogens is 218 g/mol. The topological polar surface area (TPSA) is 67.5 Å². The Hall–Kier alpha value is -1.91. The van der Waals surface area contributed by atoms with E-state index in [-0.39, 0.29) is 11.1 Å². The normalized spacial score (nSPS) is 12.0. The van der Waals surface area contributed by atoms with Crippen molar-refractivity contribution in [2.45, 2.75) is 33.1 Å². The zero-order valence-electron chi connectivity index (χ0n) is 10.4. The summed E-state index contributed by atoms with van der Waals surface area (Å²) in [6, 6.07) is 3.36. The monoisotopic (exact) mass is 233 g/mol. The molecule has 2 heterocycles. The van der Waals surface area contributed by atoms with Gasteiger partial charge in [0, 0.05) is 11.5 Å². The number of fused-ring (bicyclic) bond motifs is 1. The summed E-state index contributed by atoms with van der Waals surface area (Å²) in [7, 11) is 0. The van der Waals surface area contributed by atoms with Crippen molar-refractivity contribution in [3.05, 3.63) is 29.2 Å². The highest BCUT2D eigenvalue weighted by Crippen LogP contribution is 2.22. The van der Waals surface area contributed by atoms with E-state index in [1.165, 1.54) is 4.52 Å². The number of hydrogen-bond donors (Lipinski definition) is 1. The summed E-state index contributed by atoms with van der Waals surface area (Å²) in [5.41, 5.74) is 2.04. The molecule has 1 N–H and O–H groups in total. The van der Waals surface area contributed by atoms with Gasteiger partial charge >= 0.3 is 5.97 Å². The Morgan fingerprint density at radius 2 is 2.00 bits per heavy atom. The van der Waals surface area contributed by atoms with E-state index < -0.39 is 5.97 Å². The molecular formula is C12H15N3O2. The molecule has 0 aliphatic carbocycles. The lowest BCUT2D eigenvalue weighted by Crippen LogP contribution is -2.17. The van der Waals surface area contributed by atoms with Crippen LogP contribution in [0.25, 0.3) is 5.65 Å². The predicted octanol–water partition coefficient (Wildman–Crippen LogP) is 2.03. The number of carbonyl (C=O) groups is 1. The van der Waals surface area contributed by atoms with Gasteiger partial charge in [-0.1, -0.05) is 20.8 Å². The third-order valence-corrected chi connectivity index (χ3v) is 2.54. The fraction of sp³-hybridized carbons (Fsp3) is 0.417. The highest BCUT2D eigenvalue weighted by atomic mass is 16.4. The minimum Gasteiger partial charge on any atom is -0.477 e. The van der Waals surface area contributed by atoms with Gasteiger partial charge in [0.25, 0.3) is 0 Å². The number of nitrogens with zero attached hydrogens (tertiary/aromatic N) is 3. The van der Waals surface area contributed by atoms with Crippen molar-refractivity contribution in [3.63, 3.8) is 0 Å². The van der Waals surface area contributed by atoms with Crippen molar-refractivity contribution < 1.29 is 9.90 Å². The molecule has 0 amide bonds. The van der Waals surface area contributed by atoms with Crippen LogP contribution in [0.15, 0.2) is 12.1 Å². The summed E-state index contributed by atoms with van der Waals surface area (Å²) in [4.78, 5) is 15.7. The van der Waals surface area contributed by atoms with Gasteiger partial charge in [0.15, 0.2) is 11.3 Å². The first kappa shape index (κ1) is 11.6. The van der Waals surface area contributed by atoms with Crippen molar-refractivity contribution in [1.82, 2.24) is 14.6 Å². The van der Waals surface area contributed by atoms with Crippen LogP contribution in [0.5, 0.6) is 0 Å². The molecule has 0 aromatic carbocycles. The first-order valence-corrected chi connectivity index (χ1v) is 5.40. The third kappa shape index (κ3) is 2.00. The lowest BCUT2D eigenvalue weighted by atomic mass is 9.91. The van der Waals surface area contributed by atoms with Crippen LogP contribution in [-0.4, -0.2) is 25.7 Å². The molecule has 0 radical (unpaired) electrons. The molecule has 90 valence electrons. The van der Waals surface area contributed by atoms with E-state index in [0.717, 1.165) is 11.4 Å². The standard InChI is InChI=1S/C12H15N3O2/c1-7-5-10-13-9(12(2,3)4)6-8(11(16)17)15(10)14-7/h5-6H,1-4H3,(H,16,17). The summed E-state index contributed by atoms with van der Waals surface area (Å²) in [6.45, 7) is 7.82. The molecule has 17 heavy (non-hydrogen) atoms. The minimum atomic E-state index is -0.994. The van der Waals surface area contributed by atoms with E-state index in [4.69, 9.17) is 0 Å². The first-order valence-electron chi connectivity index (χ1n) is 5.40. The van der Waals surface area contributed by atoms with Crippen LogP contribution in [0, 0.1) is 6.92 Å². The second-order valence-electron chi connectivity index (χ2n) is 5.14. The number of hydrogen-bond acceptors (Lipinski definition) is 3. The molecule has 0 aliphatic rings. The number of rotatable bonds is 1. The van der Waals surface area contributed by atoms with E-state index in [1.54, 1.807) is 12.1 Å². The largest absolute Gasteiger partial charge is 0.477 e. The van der Waals surface area contributed by atoms with Gasteiger partial charge < -0.3 is 5.11 Å². The Bertz CT molecular complexity index is 594. The molecule has 0 saturated heterocycles. The molecule has 0 bridgehead atoms. The van der Waals surface area contributed by atoms with Gasteiger partial charge in [0.2, 0.25) is 0 Å². The van der Waals surface area contributed by atoms with Gasteiger partial charge in [-0.05, 0) is 13.0 Å². The lowest BCUT2D eigenvalue weighted by molar-refractivity contribution is 0.0687. The number of aromatic nitrogens is 3. The average Bonchev–Trinajstić information content (AvgIpc) is 2.54. The van der Waals surface area contributed by atoms with Crippen LogP contribution >= 0.6 is 0 Å². The van der Waals surface area contributed by atoms with Crippen LogP contribution in [0.3, 0.4) is 0 Å². The van der Waals surface area contributed by atoms with E-state index in [9.17, 15) is 9.90 Å². The van der Waals surface area contributed by atoms with Crippen LogP contribution in [0.1, 0.15) is 42.6 Å². The highest BCUT2D eigenvalue weighted by Gasteiger charge is 2.21. The van der Waals surface area contributed by atoms with E-state index in [1.807, 2.05) is 27.7 Å². The van der Waals surface area contributed by atoms with Gasteiger partial charge in [0.05, 0.1) is 11.4 Å². The summed E-state index contributed by atoms with van der Waals surface area (Å²) in [5, 5.41) is 13.3. The zero-order valence-corrected chi connectivity index (χ0v) is 10.4. The van der Waals surface area contributed by atoms with Crippen LogP contribution < -0.4 is 0 Å². The van der Waals surface area contributed by atoms with Crippen LogP contribution in [0.4, 0.5) is 0 Å². The molecule has 5 heteroatoms.